The highest BCUT2D eigenvalue weighted by molar-refractivity contribution is 6.28. The minimum Gasteiger partial charge on any atom is -0.493 e. The first-order valence-electron chi connectivity index (χ1n) is 8.52. The molecule has 29 heavy (non-hydrogen) atoms. The molecule has 0 unspecified atom stereocenters. The van der Waals surface area contributed by atoms with Crippen LogP contribution in [0.5, 0.6) is 11.5 Å². The zero-order chi connectivity index (χ0) is 20.1. The highest BCUT2D eigenvalue weighted by Gasteiger charge is 2.14. The van der Waals surface area contributed by atoms with E-state index in [-0.39, 0.29) is 23.6 Å². The number of imidazole rings is 1. The number of hydrogen-bond acceptors (Lipinski definition) is 8. The molecule has 0 fully saturated rings. The fourth-order valence-electron chi connectivity index (χ4n) is 2.82. The summed E-state index contributed by atoms with van der Waals surface area (Å²) >= 11 is 6.04. The number of rotatable bonds is 9. The summed E-state index contributed by atoms with van der Waals surface area (Å²) in [7, 11) is 3.11. The van der Waals surface area contributed by atoms with E-state index in [0.29, 0.717) is 35.9 Å². The molecule has 156 valence electrons. The van der Waals surface area contributed by atoms with Gasteiger partial charge in [-0.1, -0.05) is 4.98 Å². The van der Waals surface area contributed by atoms with E-state index in [1.165, 1.54) is 10.8 Å². The van der Waals surface area contributed by atoms with Gasteiger partial charge in [-0.25, -0.2) is 14.5 Å². The van der Waals surface area contributed by atoms with Crippen LogP contribution in [-0.4, -0.2) is 45.2 Å². The van der Waals surface area contributed by atoms with E-state index in [2.05, 4.69) is 20.3 Å². The number of nitro groups is 1. The maximum atomic E-state index is 10.9. The van der Waals surface area contributed by atoms with Crippen LogP contribution in [0.1, 0.15) is 12.8 Å². The van der Waals surface area contributed by atoms with Crippen LogP contribution in [0.3, 0.4) is 0 Å². The molecule has 3 aromatic rings. The van der Waals surface area contributed by atoms with Crippen molar-refractivity contribution in [3.05, 3.63) is 39.9 Å². The Labute approximate surface area is 177 Å². The van der Waals surface area contributed by atoms with Crippen molar-refractivity contribution < 1.29 is 14.4 Å². The van der Waals surface area contributed by atoms with E-state index in [1.807, 2.05) is 0 Å². The Bertz CT molecular complexity index is 997. The summed E-state index contributed by atoms with van der Waals surface area (Å²) in [5.41, 5.74) is 0.634. The first-order chi connectivity index (χ1) is 13.5. The predicted molar refractivity (Wildman–Crippen MR) is 112 cm³/mol. The summed E-state index contributed by atoms with van der Waals surface area (Å²) in [6, 6.07) is 3.53. The second kappa shape index (κ2) is 10.1. The lowest BCUT2D eigenvalue weighted by Gasteiger charge is -2.12. The van der Waals surface area contributed by atoms with Crippen molar-refractivity contribution in [3.63, 3.8) is 0 Å². The third-order valence-electron chi connectivity index (χ3n) is 4.15. The van der Waals surface area contributed by atoms with Crippen molar-refractivity contribution in [1.29, 1.82) is 0 Å². The number of nitrogens with zero attached hydrogens (tertiary/aromatic N) is 5. The summed E-state index contributed by atoms with van der Waals surface area (Å²) in [5, 5.41) is 15.0. The Kier molecular flexibility index (Phi) is 7.80. The molecule has 0 saturated carbocycles. The molecule has 0 saturated heterocycles. The van der Waals surface area contributed by atoms with Gasteiger partial charge < -0.3 is 24.9 Å². The van der Waals surface area contributed by atoms with Crippen molar-refractivity contribution >= 4 is 46.7 Å². The minimum absolute atomic E-state index is 0. The number of anilines is 1. The quantitative estimate of drug-likeness (QED) is 0.230. The normalized spacial score (nSPS) is 10.4. The number of aryl methyl sites for hydroxylation is 1. The van der Waals surface area contributed by atoms with E-state index in [4.69, 9.17) is 21.1 Å². The summed E-state index contributed by atoms with van der Waals surface area (Å²) < 4.78 is 12.2. The number of nitrogens with one attached hydrogen (secondary N) is 1. The van der Waals surface area contributed by atoms with Gasteiger partial charge >= 0.3 is 5.95 Å². The van der Waals surface area contributed by atoms with Crippen LogP contribution in [0.15, 0.2) is 24.5 Å². The highest BCUT2D eigenvalue weighted by atomic mass is 35.5. The van der Waals surface area contributed by atoms with Crippen molar-refractivity contribution in [3.8, 4) is 11.5 Å². The molecule has 0 amide bonds. The highest BCUT2D eigenvalue weighted by Crippen LogP contribution is 2.34. The van der Waals surface area contributed by atoms with Crippen LogP contribution in [-0.2, 0) is 6.54 Å². The monoisotopic (exact) mass is 442 g/mol. The number of aromatic nitrogens is 4. The Balaban J connectivity index is 0.00000300. The fourth-order valence-corrected chi connectivity index (χ4v) is 3.00. The maximum Gasteiger partial charge on any atom is 0.434 e. The van der Waals surface area contributed by atoms with Gasteiger partial charge in [-0.05, 0) is 35.4 Å². The first-order valence-corrected chi connectivity index (χ1v) is 8.90. The third kappa shape index (κ3) is 5.15. The lowest BCUT2D eigenvalue weighted by Crippen LogP contribution is -2.08. The van der Waals surface area contributed by atoms with Crippen LogP contribution in [0.25, 0.3) is 10.9 Å². The molecule has 1 aromatic carbocycles. The molecule has 0 bridgehead atoms. The number of benzene rings is 1. The molecule has 0 spiro atoms. The number of fused-ring (bicyclic) bond motifs is 1. The minimum atomic E-state index is -0.491. The molecule has 0 aliphatic heterocycles. The van der Waals surface area contributed by atoms with Gasteiger partial charge in [0.1, 0.15) is 18.2 Å². The lowest BCUT2D eigenvalue weighted by atomic mass is 10.2. The first kappa shape index (κ1) is 22.4. The third-order valence-corrected chi connectivity index (χ3v) is 4.32. The molecular formula is C17H20Cl2N6O4. The van der Waals surface area contributed by atoms with Crippen LogP contribution >= 0.6 is 24.0 Å². The van der Waals surface area contributed by atoms with Crippen molar-refractivity contribution in [2.24, 2.45) is 0 Å². The molecule has 2 aromatic heterocycles. The zero-order valence-corrected chi connectivity index (χ0v) is 17.4. The second-order valence-electron chi connectivity index (χ2n) is 5.88. The molecule has 1 N–H and O–H groups in total. The van der Waals surface area contributed by atoms with Gasteiger partial charge in [0.25, 0.3) is 0 Å². The molecule has 12 heteroatoms. The lowest BCUT2D eigenvalue weighted by molar-refractivity contribution is -0.396. The smallest absolute Gasteiger partial charge is 0.434 e. The average molecular weight is 443 g/mol. The topological polar surface area (TPSA) is 117 Å². The molecule has 3 rings (SSSR count). The molecule has 2 heterocycles. The van der Waals surface area contributed by atoms with Crippen LogP contribution < -0.4 is 14.8 Å². The van der Waals surface area contributed by atoms with E-state index in [1.54, 1.807) is 32.5 Å². The van der Waals surface area contributed by atoms with E-state index in [9.17, 15) is 10.1 Å². The van der Waals surface area contributed by atoms with Crippen molar-refractivity contribution in [1.82, 2.24) is 19.5 Å². The van der Waals surface area contributed by atoms with Crippen molar-refractivity contribution in [2.75, 3.05) is 26.1 Å². The Morgan fingerprint density at radius 2 is 1.93 bits per heavy atom. The van der Waals surface area contributed by atoms with E-state index < -0.39 is 4.92 Å². The van der Waals surface area contributed by atoms with Crippen LogP contribution in [0, 0.1) is 10.1 Å². The number of hydrogen-bond donors (Lipinski definition) is 1. The van der Waals surface area contributed by atoms with Gasteiger partial charge in [-0.3, -0.25) is 0 Å². The van der Waals surface area contributed by atoms with Gasteiger partial charge in [-0.2, -0.15) is 0 Å². The molecule has 10 nitrogen and oxygen atoms in total. The molecular weight excluding hydrogens is 423 g/mol. The average Bonchev–Trinajstić information content (AvgIpc) is 3.15. The molecule has 0 aliphatic carbocycles. The summed E-state index contributed by atoms with van der Waals surface area (Å²) in [6.45, 7) is 1.12. The molecule has 0 radical (unpaired) electrons. The number of methoxy groups -OCH3 is 2. The second-order valence-corrected chi connectivity index (χ2v) is 6.22. The van der Waals surface area contributed by atoms with Crippen LogP contribution in [0.2, 0.25) is 5.28 Å². The maximum absolute atomic E-state index is 10.9. The van der Waals surface area contributed by atoms with Gasteiger partial charge in [-0.15, -0.1) is 12.4 Å². The number of unbranched alkanes of at least 4 members (excludes halogenated alkanes) is 1. The fraction of sp³-hybridized carbons (Fsp3) is 0.353. The van der Waals surface area contributed by atoms with E-state index in [0.717, 1.165) is 18.2 Å². The number of halogens is 2. The van der Waals surface area contributed by atoms with Crippen LogP contribution in [0.4, 0.5) is 11.8 Å². The standard InChI is InChI=1S/C17H19ClN6O4.ClH/c1-27-13-9-11-12(10-14(13)28-2)21-16(18)22-15(11)19-5-3-4-7-23-8-6-20-17(23)24(25)26;/h6,8-10H,3-5,7H2,1-2H3,(H,19,21,22);1H. The molecule has 0 aliphatic rings. The van der Waals surface area contributed by atoms with E-state index >= 15 is 0 Å². The molecule has 0 atom stereocenters. The Morgan fingerprint density at radius 3 is 2.62 bits per heavy atom. The van der Waals surface area contributed by atoms with Crippen molar-refractivity contribution in [2.45, 2.75) is 19.4 Å². The zero-order valence-electron chi connectivity index (χ0n) is 15.8. The largest absolute Gasteiger partial charge is 0.493 e. The number of ether oxygens (including phenoxy) is 2. The summed E-state index contributed by atoms with van der Waals surface area (Å²) in [6.07, 6.45) is 4.53. The predicted octanol–water partition coefficient (Wildman–Crippen LogP) is 3.72. The van der Waals surface area contributed by atoms with Gasteiger partial charge in [0.05, 0.1) is 26.3 Å². The van der Waals surface area contributed by atoms with Gasteiger partial charge in [0.2, 0.25) is 5.28 Å². The van der Waals surface area contributed by atoms with Gasteiger partial charge in [0, 0.05) is 18.0 Å². The Hall–Kier alpha value is -2.85. The SMILES string of the molecule is COc1cc2nc(Cl)nc(NCCCCn3ccnc3[N+](=O)[O-])c2cc1OC.Cl. The summed E-state index contributed by atoms with van der Waals surface area (Å²) in [4.78, 5) is 22.6. The van der Waals surface area contributed by atoms with Gasteiger partial charge in [0.15, 0.2) is 11.5 Å². The Morgan fingerprint density at radius 1 is 1.21 bits per heavy atom. The summed E-state index contributed by atoms with van der Waals surface area (Å²) in [5.74, 6) is 1.56.